The summed E-state index contributed by atoms with van der Waals surface area (Å²) in [6, 6.07) is 0.931. The van der Waals surface area contributed by atoms with Gasteiger partial charge in [-0.3, -0.25) is 9.98 Å². The van der Waals surface area contributed by atoms with Gasteiger partial charge in [0.25, 0.3) is 0 Å². The molecule has 4 rings (SSSR count). The average Bonchev–Trinajstić information content (AvgIpc) is 3.18. The fourth-order valence-electron chi connectivity index (χ4n) is 3.82. The first-order chi connectivity index (χ1) is 11.6. The molecule has 5 atom stereocenters. The highest BCUT2D eigenvalue weighted by Crippen LogP contribution is 2.31. The van der Waals surface area contributed by atoms with E-state index in [1.165, 1.54) is 17.1 Å². The molecule has 0 saturated carbocycles. The molecule has 4 nitrogen and oxygen atoms in total. The topological polar surface area (TPSA) is 48.8 Å². The van der Waals surface area contributed by atoms with Crippen LogP contribution >= 0.6 is 0 Å². The first-order valence-electron chi connectivity index (χ1n) is 9.01. The van der Waals surface area contributed by atoms with Gasteiger partial charge in [0, 0.05) is 41.4 Å². The number of hydrogen-bond acceptors (Lipinski definition) is 4. The highest BCUT2D eigenvalue weighted by atomic mass is 15.0. The SMILES string of the molecule is CC(C)C1=CC2C=C(CC(C)C3=CC4N=CC=CC4N3)N=CC2N1. The molecule has 5 unspecified atom stereocenters. The lowest BCUT2D eigenvalue weighted by molar-refractivity contribution is 0.571. The van der Waals surface area contributed by atoms with Crippen molar-refractivity contribution < 1.29 is 0 Å². The van der Waals surface area contributed by atoms with Crippen LogP contribution in [0.25, 0.3) is 0 Å². The van der Waals surface area contributed by atoms with Crippen molar-refractivity contribution in [3.05, 3.63) is 47.5 Å². The Labute approximate surface area is 144 Å². The Balaban J connectivity index is 1.43. The van der Waals surface area contributed by atoms with E-state index in [2.05, 4.69) is 66.9 Å². The minimum atomic E-state index is 0.260. The van der Waals surface area contributed by atoms with Gasteiger partial charge in [-0.15, -0.1) is 0 Å². The van der Waals surface area contributed by atoms with Gasteiger partial charge in [0.05, 0.1) is 18.1 Å². The Morgan fingerprint density at radius 1 is 1.04 bits per heavy atom. The normalized spacial score (nSPS) is 34.1. The molecule has 0 spiro atoms. The molecule has 0 fully saturated rings. The Hall–Kier alpha value is -2.10. The maximum absolute atomic E-state index is 4.71. The van der Waals surface area contributed by atoms with Crippen LogP contribution in [-0.2, 0) is 0 Å². The number of dihydropyridines is 1. The van der Waals surface area contributed by atoms with Crippen LogP contribution in [0.5, 0.6) is 0 Å². The molecular weight excluding hydrogens is 296 g/mol. The Kier molecular flexibility index (Phi) is 3.91. The van der Waals surface area contributed by atoms with Crippen LogP contribution in [0, 0.1) is 17.8 Å². The number of fused-ring (bicyclic) bond motifs is 2. The number of nitrogens with zero attached hydrogens (tertiary/aromatic N) is 2. The summed E-state index contributed by atoms with van der Waals surface area (Å²) in [6.45, 7) is 6.73. The van der Waals surface area contributed by atoms with Crippen molar-refractivity contribution >= 4 is 12.4 Å². The fraction of sp³-hybridized carbons (Fsp3) is 0.500. The molecule has 4 heteroatoms. The summed E-state index contributed by atoms with van der Waals surface area (Å²) in [7, 11) is 0. The van der Waals surface area contributed by atoms with Crippen LogP contribution in [-0.4, -0.2) is 30.6 Å². The molecule has 126 valence electrons. The van der Waals surface area contributed by atoms with E-state index in [1.807, 2.05) is 12.3 Å². The van der Waals surface area contributed by atoms with Gasteiger partial charge < -0.3 is 10.6 Å². The molecule has 0 aromatic carbocycles. The van der Waals surface area contributed by atoms with Gasteiger partial charge in [-0.2, -0.15) is 0 Å². The highest BCUT2D eigenvalue weighted by molar-refractivity contribution is 5.73. The third kappa shape index (κ3) is 2.85. The summed E-state index contributed by atoms with van der Waals surface area (Å²) in [5.41, 5.74) is 3.84. The van der Waals surface area contributed by atoms with Gasteiger partial charge >= 0.3 is 0 Å². The van der Waals surface area contributed by atoms with E-state index in [0.717, 1.165) is 6.42 Å². The quantitative estimate of drug-likeness (QED) is 0.836. The third-order valence-electron chi connectivity index (χ3n) is 5.29. The number of hydrogen-bond donors (Lipinski definition) is 2. The molecular formula is C20H26N4. The second kappa shape index (κ2) is 6.08. The molecule has 0 aliphatic carbocycles. The van der Waals surface area contributed by atoms with Gasteiger partial charge in [0.1, 0.15) is 0 Å². The summed E-state index contributed by atoms with van der Waals surface area (Å²) < 4.78 is 0. The Morgan fingerprint density at radius 3 is 2.67 bits per heavy atom. The van der Waals surface area contributed by atoms with E-state index in [4.69, 9.17) is 4.99 Å². The fourth-order valence-corrected chi connectivity index (χ4v) is 3.82. The van der Waals surface area contributed by atoms with Crippen molar-refractivity contribution in [2.75, 3.05) is 0 Å². The highest BCUT2D eigenvalue weighted by Gasteiger charge is 2.30. The first kappa shape index (κ1) is 15.4. The lowest BCUT2D eigenvalue weighted by atomic mass is 9.94. The maximum Gasteiger partial charge on any atom is 0.0936 e. The summed E-state index contributed by atoms with van der Waals surface area (Å²) >= 11 is 0. The number of allylic oxidation sites excluding steroid dienone is 4. The average molecular weight is 322 g/mol. The Bertz CT molecular complexity index is 692. The first-order valence-corrected chi connectivity index (χ1v) is 9.01. The second-order valence-corrected chi connectivity index (χ2v) is 7.53. The zero-order valence-electron chi connectivity index (χ0n) is 14.6. The second-order valence-electron chi connectivity index (χ2n) is 7.53. The maximum atomic E-state index is 4.71. The zero-order valence-corrected chi connectivity index (χ0v) is 14.6. The van der Waals surface area contributed by atoms with E-state index in [1.54, 1.807) is 0 Å². The molecule has 4 aliphatic heterocycles. The van der Waals surface area contributed by atoms with Crippen molar-refractivity contribution in [1.82, 2.24) is 10.6 Å². The lowest BCUT2D eigenvalue weighted by Crippen LogP contribution is -2.32. The van der Waals surface area contributed by atoms with E-state index in [0.29, 0.717) is 29.8 Å². The molecule has 0 aromatic rings. The molecule has 4 aliphatic rings. The predicted octanol–water partition coefficient (Wildman–Crippen LogP) is 2.97. The molecule has 0 saturated heterocycles. The van der Waals surface area contributed by atoms with Crippen LogP contribution in [0.15, 0.2) is 57.5 Å². The van der Waals surface area contributed by atoms with E-state index in [-0.39, 0.29) is 6.04 Å². The number of nitrogens with one attached hydrogen (secondary N) is 2. The summed E-state index contributed by atoms with van der Waals surface area (Å²) in [5, 5.41) is 7.18. The molecule has 4 heterocycles. The minimum absolute atomic E-state index is 0.260. The van der Waals surface area contributed by atoms with E-state index in [9.17, 15) is 0 Å². The molecule has 0 amide bonds. The smallest absolute Gasteiger partial charge is 0.0936 e. The molecule has 0 aromatic heterocycles. The zero-order chi connectivity index (χ0) is 16.7. The van der Waals surface area contributed by atoms with Crippen molar-refractivity contribution in [1.29, 1.82) is 0 Å². The summed E-state index contributed by atoms with van der Waals surface area (Å²) in [6.07, 6.45) is 16.1. The number of aliphatic imine (C=N–C) groups is 2. The van der Waals surface area contributed by atoms with Gasteiger partial charge in [0.15, 0.2) is 0 Å². The van der Waals surface area contributed by atoms with Crippen molar-refractivity contribution in [2.24, 2.45) is 27.7 Å². The van der Waals surface area contributed by atoms with Gasteiger partial charge in [-0.05, 0) is 24.5 Å². The van der Waals surface area contributed by atoms with Crippen LogP contribution in [0.3, 0.4) is 0 Å². The van der Waals surface area contributed by atoms with Crippen molar-refractivity contribution in [3.8, 4) is 0 Å². The minimum Gasteiger partial charge on any atom is -0.380 e. The van der Waals surface area contributed by atoms with Gasteiger partial charge in [0.2, 0.25) is 0 Å². The standard InChI is InChI=1S/C20H26N4/c1-12(2)17-9-14-8-15(22-11-20(14)24-17)7-13(3)18-10-19-16(23-18)5-4-6-21-19/h4-6,8-14,16,19-20,23-24H,7H2,1-3H3. The van der Waals surface area contributed by atoms with Crippen LogP contribution < -0.4 is 10.6 Å². The van der Waals surface area contributed by atoms with Gasteiger partial charge in [-0.25, -0.2) is 0 Å². The van der Waals surface area contributed by atoms with E-state index < -0.39 is 0 Å². The van der Waals surface area contributed by atoms with Crippen LogP contribution in [0.2, 0.25) is 0 Å². The van der Waals surface area contributed by atoms with Crippen LogP contribution in [0.1, 0.15) is 27.2 Å². The Morgan fingerprint density at radius 2 is 1.88 bits per heavy atom. The van der Waals surface area contributed by atoms with Crippen molar-refractivity contribution in [3.63, 3.8) is 0 Å². The monoisotopic (exact) mass is 322 g/mol. The predicted molar refractivity (Wildman–Crippen MR) is 100 cm³/mol. The van der Waals surface area contributed by atoms with Crippen molar-refractivity contribution in [2.45, 2.75) is 45.3 Å². The van der Waals surface area contributed by atoms with E-state index >= 15 is 0 Å². The molecule has 0 bridgehead atoms. The summed E-state index contributed by atoms with van der Waals surface area (Å²) in [4.78, 5) is 9.24. The van der Waals surface area contributed by atoms with Gasteiger partial charge in [-0.1, -0.05) is 39.0 Å². The van der Waals surface area contributed by atoms with Crippen LogP contribution in [0.4, 0.5) is 0 Å². The molecule has 2 N–H and O–H groups in total. The summed E-state index contributed by atoms with van der Waals surface area (Å²) in [5.74, 6) is 1.43. The third-order valence-corrected chi connectivity index (χ3v) is 5.29. The molecule has 0 radical (unpaired) electrons. The number of rotatable bonds is 4. The largest absolute Gasteiger partial charge is 0.380 e. The lowest BCUT2D eigenvalue weighted by Gasteiger charge is -2.22. The molecule has 24 heavy (non-hydrogen) atoms.